The van der Waals surface area contributed by atoms with E-state index in [1.165, 1.54) is 4.57 Å². The molecule has 1 saturated heterocycles. The zero-order valence-electron chi connectivity index (χ0n) is 14.3. The molecule has 2 aliphatic rings. The first-order valence-electron chi connectivity index (χ1n) is 8.62. The highest BCUT2D eigenvalue weighted by atomic mass is 19.1. The number of benzene rings is 1. The minimum Gasteiger partial charge on any atom is -0.507 e. The molecule has 1 aliphatic heterocycles. The van der Waals surface area contributed by atoms with Crippen LogP contribution in [-0.2, 0) is 4.74 Å². The van der Waals surface area contributed by atoms with Crippen LogP contribution in [0.25, 0.3) is 10.9 Å². The van der Waals surface area contributed by atoms with Crippen LogP contribution in [-0.4, -0.2) is 35.0 Å². The van der Waals surface area contributed by atoms with E-state index in [0.29, 0.717) is 13.0 Å². The summed E-state index contributed by atoms with van der Waals surface area (Å²) < 4.78 is 21.3. The number of ether oxygens (including phenoxy) is 1. The number of carbonyl (C=O) groups excluding carboxylic acids is 1. The predicted octanol–water partition coefficient (Wildman–Crippen LogP) is 1.73. The highest BCUT2D eigenvalue weighted by Gasteiger charge is 2.33. The van der Waals surface area contributed by atoms with E-state index < -0.39 is 23.6 Å². The largest absolute Gasteiger partial charge is 0.507 e. The Balaban J connectivity index is 1.91. The molecule has 0 radical (unpaired) electrons. The Morgan fingerprint density at radius 2 is 2.11 bits per heavy atom. The zero-order chi connectivity index (χ0) is 19.3. The van der Waals surface area contributed by atoms with Gasteiger partial charge in [-0.15, -0.1) is 0 Å². The standard InChI is InChI=1S/C18H17FN4O4/c19-13-5-11-14(24)6-15(25)23(9-1-2-9)16(11)12(7-20)17(13)22-4-3-10(8-22)27-18(21)26/h5-6,9-10,24H,1-4,8H2,(H2,21,26). The van der Waals surface area contributed by atoms with Crippen LogP contribution in [0.5, 0.6) is 5.75 Å². The number of halogens is 1. The molecule has 0 bridgehead atoms. The van der Waals surface area contributed by atoms with Crippen LogP contribution in [0, 0.1) is 17.1 Å². The summed E-state index contributed by atoms with van der Waals surface area (Å²) in [6, 6.07) is 4.13. The van der Waals surface area contributed by atoms with Crippen molar-refractivity contribution in [3.63, 3.8) is 0 Å². The summed E-state index contributed by atoms with van der Waals surface area (Å²) in [5, 5.41) is 20.0. The fourth-order valence-electron chi connectivity index (χ4n) is 3.75. The third-order valence-electron chi connectivity index (χ3n) is 5.01. The number of primary amides is 1. The molecule has 1 saturated carbocycles. The molecule has 8 nitrogen and oxygen atoms in total. The van der Waals surface area contributed by atoms with Crippen LogP contribution in [0.15, 0.2) is 16.9 Å². The summed E-state index contributed by atoms with van der Waals surface area (Å²) in [7, 11) is 0. The van der Waals surface area contributed by atoms with Gasteiger partial charge in [-0.2, -0.15) is 5.26 Å². The molecule has 2 aromatic rings. The SMILES string of the molecule is N#Cc1c(N2CCC(OC(N)=O)C2)c(F)cc2c(O)cc(=O)n(C3CC3)c12. The molecule has 3 N–H and O–H groups in total. The number of rotatable bonds is 3. The van der Waals surface area contributed by atoms with E-state index in [9.17, 15) is 24.3 Å². The molecule has 1 atom stereocenters. The Morgan fingerprint density at radius 1 is 1.37 bits per heavy atom. The van der Waals surface area contributed by atoms with Crippen LogP contribution in [0.1, 0.15) is 30.9 Å². The van der Waals surface area contributed by atoms with Crippen molar-refractivity contribution in [2.24, 2.45) is 5.73 Å². The minimum atomic E-state index is -0.908. The smallest absolute Gasteiger partial charge is 0.404 e. The van der Waals surface area contributed by atoms with Gasteiger partial charge in [0.15, 0.2) is 0 Å². The number of aromatic nitrogens is 1. The maximum atomic E-state index is 14.9. The molecule has 1 aromatic heterocycles. The maximum Gasteiger partial charge on any atom is 0.404 e. The first-order chi connectivity index (χ1) is 12.9. The average molecular weight is 372 g/mol. The van der Waals surface area contributed by atoms with E-state index >= 15 is 0 Å². The van der Waals surface area contributed by atoms with Crippen LogP contribution >= 0.6 is 0 Å². The van der Waals surface area contributed by atoms with Gasteiger partial charge < -0.3 is 25.0 Å². The van der Waals surface area contributed by atoms with Gasteiger partial charge in [0.25, 0.3) is 5.56 Å². The lowest BCUT2D eigenvalue weighted by molar-refractivity contribution is 0.117. The molecule has 1 aliphatic carbocycles. The van der Waals surface area contributed by atoms with Gasteiger partial charge in [-0.25, -0.2) is 9.18 Å². The van der Waals surface area contributed by atoms with Gasteiger partial charge in [0.2, 0.25) is 0 Å². The fourth-order valence-corrected chi connectivity index (χ4v) is 3.75. The maximum absolute atomic E-state index is 14.9. The van der Waals surface area contributed by atoms with Gasteiger partial charge >= 0.3 is 6.09 Å². The quantitative estimate of drug-likeness (QED) is 0.846. The van der Waals surface area contributed by atoms with Crippen molar-refractivity contribution in [1.82, 2.24) is 4.57 Å². The number of anilines is 1. The Bertz CT molecular complexity index is 1050. The Morgan fingerprint density at radius 3 is 2.74 bits per heavy atom. The van der Waals surface area contributed by atoms with Gasteiger partial charge in [-0.1, -0.05) is 0 Å². The van der Waals surface area contributed by atoms with E-state index in [-0.39, 0.29) is 40.5 Å². The van der Waals surface area contributed by atoms with Crippen molar-refractivity contribution in [2.45, 2.75) is 31.4 Å². The highest BCUT2D eigenvalue weighted by molar-refractivity contribution is 5.94. The van der Waals surface area contributed by atoms with E-state index in [4.69, 9.17) is 10.5 Å². The highest BCUT2D eigenvalue weighted by Crippen LogP contribution is 2.41. The number of amides is 1. The van der Waals surface area contributed by atoms with Crippen LogP contribution in [0.2, 0.25) is 0 Å². The Labute approximate surface area is 153 Å². The molecule has 1 amide bonds. The average Bonchev–Trinajstić information content (AvgIpc) is 3.33. The van der Waals surface area contributed by atoms with Gasteiger partial charge in [0.1, 0.15) is 29.3 Å². The third kappa shape index (κ3) is 2.83. The third-order valence-corrected chi connectivity index (χ3v) is 5.01. The van der Waals surface area contributed by atoms with Gasteiger partial charge in [0.05, 0.1) is 17.7 Å². The number of carbonyl (C=O) groups is 1. The summed E-state index contributed by atoms with van der Waals surface area (Å²) in [4.78, 5) is 25.0. The molecular weight excluding hydrogens is 355 g/mol. The monoisotopic (exact) mass is 372 g/mol. The fraction of sp³-hybridized carbons (Fsp3) is 0.389. The van der Waals surface area contributed by atoms with Crippen molar-refractivity contribution in [1.29, 1.82) is 5.26 Å². The molecule has 2 heterocycles. The van der Waals surface area contributed by atoms with Crippen molar-refractivity contribution in [3.05, 3.63) is 33.9 Å². The summed E-state index contributed by atoms with van der Waals surface area (Å²) in [6.45, 7) is 0.550. The molecule has 9 heteroatoms. The van der Waals surface area contributed by atoms with Gasteiger partial charge in [0, 0.05) is 30.5 Å². The number of pyridine rings is 1. The van der Waals surface area contributed by atoms with Gasteiger partial charge in [-0.05, 0) is 18.9 Å². The van der Waals surface area contributed by atoms with E-state index in [2.05, 4.69) is 0 Å². The normalized spacial score (nSPS) is 19.3. The van der Waals surface area contributed by atoms with E-state index in [1.807, 2.05) is 6.07 Å². The number of nitrogens with two attached hydrogens (primary N) is 1. The summed E-state index contributed by atoms with van der Waals surface area (Å²) in [5.74, 6) is -1.04. The minimum absolute atomic E-state index is 0.00961. The predicted molar refractivity (Wildman–Crippen MR) is 94.1 cm³/mol. The van der Waals surface area contributed by atoms with Gasteiger partial charge in [-0.3, -0.25) is 4.79 Å². The topological polar surface area (TPSA) is 122 Å². The number of hydrogen-bond acceptors (Lipinski definition) is 6. The zero-order valence-corrected chi connectivity index (χ0v) is 14.3. The van der Waals surface area contributed by atoms with Crippen LogP contribution in [0.4, 0.5) is 14.9 Å². The van der Waals surface area contributed by atoms with Crippen molar-refractivity contribution >= 4 is 22.7 Å². The van der Waals surface area contributed by atoms with Crippen molar-refractivity contribution in [2.75, 3.05) is 18.0 Å². The molecule has 140 valence electrons. The number of fused-ring (bicyclic) bond motifs is 1. The second-order valence-electron chi connectivity index (χ2n) is 6.85. The van der Waals surface area contributed by atoms with Crippen molar-refractivity contribution < 1.29 is 19.0 Å². The lowest BCUT2D eigenvalue weighted by atomic mass is 10.0. The molecule has 0 spiro atoms. The Hall–Kier alpha value is -3.28. The molecule has 2 fully saturated rings. The lowest BCUT2D eigenvalue weighted by Gasteiger charge is -2.23. The lowest BCUT2D eigenvalue weighted by Crippen LogP contribution is -2.28. The first-order valence-corrected chi connectivity index (χ1v) is 8.62. The van der Waals surface area contributed by atoms with Crippen LogP contribution < -0.4 is 16.2 Å². The number of nitriles is 1. The molecule has 1 aromatic carbocycles. The molecule has 27 heavy (non-hydrogen) atoms. The number of nitrogens with zero attached hydrogens (tertiary/aromatic N) is 3. The number of aromatic hydroxyl groups is 1. The van der Waals surface area contributed by atoms with Crippen LogP contribution in [0.3, 0.4) is 0 Å². The van der Waals surface area contributed by atoms with E-state index in [1.54, 1.807) is 4.90 Å². The first kappa shape index (κ1) is 17.1. The summed E-state index contributed by atoms with van der Waals surface area (Å²) in [6.07, 6.45) is 0.610. The Kier molecular flexibility index (Phi) is 3.91. The second-order valence-corrected chi connectivity index (χ2v) is 6.85. The van der Waals surface area contributed by atoms with Crippen molar-refractivity contribution in [3.8, 4) is 11.8 Å². The van der Waals surface area contributed by atoms with E-state index in [0.717, 1.165) is 25.0 Å². The number of hydrogen-bond donors (Lipinski definition) is 2. The molecule has 1 unspecified atom stereocenters. The second kappa shape index (κ2) is 6.16. The molecular formula is C18H17FN4O4. The summed E-state index contributed by atoms with van der Waals surface area (Å²) in [5.41, 5.74) is 4.88. The molecule has 4 rings (SSSR count). The summed E-state index contributed by atoms with van der Waals surface area (Å²) >= 11 is 0.